The van der Waals surface area contributed by atoms with Crippen LogP contribution in [0.25, 0.3) is 6.08 Å². The van der Waals surface area contributed by atoms with Crippen LogP contribution in [0.15, 0.2) is 24.3 Å². The van der Waals surface area contributed by atoms with Crippen molar-refractivity contribution in [3.63, 3.8) is 0 Å². The monoisotopic (exact) mass is 332 g/mol. The molecule has 24 heavy (non-hydrogen) atoms. The summed E-state index contributed by atoms with van der Waals surface area (Å²) in [7, 11) is 0. The molecule has 0 spiro atoms. The zero-order valence-electron chi connectivity index (χ0n) is 14.9. The Balaban J connectivity index is 1.68. The third-order valence-corrected chi connectivity index (χ3v) is 5.17. The smallest absolute Gasteiger partial charge is 0.158 e. The Morgan fingerprint density at radius 3 is 2.54 bits per heavy atom. The predicted octanol–water partition coefficient (Wildman–Crippen LogP) is 5.81. The lowest BCUT2D eigenvalue weighted by atomic mass is 9.95. The van der Waals surface area contributed by atoms with E-state index in [0.29, 0.717) is 11.5 Å². The third-order valence-electron chi connectivity index (χ3n) is 5.17. The summed E-state index contributed by atoms with van der Waals surface area (Å²) in [6.07, 6.45) is 12.3. The topological polar surface area (TPSA) is 18.5 Å². The first-order chi connectivity index (χ1) is 11.5. The van der Waals surface area contributed by atoms with Crippen LogP contribution >= 0.6 is 0 Å². The molecule has 1 aromatic rings. The summed E-state index contributed by atoms with van der Waals surface area (Å²) >= 11 is 0. The lowest BCUT2D eigenvalue weighted by Crippen LogP contribution is -2.33. The molecule has 2 nitrogen and oxygen atoms in total. The second kappa shape index (κ2) is 7.79. The van der Waals surface area contributed by atoms with Crippen molar-refractivity contribution in [3.8, 4) is 0 Å². The third kappa shape index (κ3) is 4.46. The largest absolute Gasteiger partial charge is 0.353 e. The Bertz CT molecular complexity index is 567. The molecule has 1 aliphatic heterocycles. The van der Waals surface area contributed by atoms with Crippen molar-refractivity contribution in [1.82, 2.24) is 0 Å². The first kappa shape index (κ1) is 17.6. The van der Waals surface area contributed by atoms with E-state index in [1.807, 2.05) is 26.0 Å². The van der Waals surface area contributed by atoms with Crippen molar-refractivity contribution in [1.29, 1.82) is 0 Å². The minimum Gasteiger partial charge on any atom is -0.353 e. The van der Waals surface area contributed by atoms with E-state index in [1.165, 1.54) is 25.7 Å². The van der Waals surface area contributed by atoms with Gasteiger partial charge in [0, 0.05) is 12.2 Å². The minimum atomic E-state index is -0.695. The van der Waals surface area contributed by atoms with E-state index in [4.69, 9.17) is 9.47 Å². The summed E-state index contributed by atoms with van der Waals surface area (Å²) in [5.74, 6) is 0.459. The fourth-order valence-electron chi connectivity index (χ4n) is 3.72. The maximum Gasteiger partial charge on any atom is 0.158 e. The summed E-state index contributed by atoms with van der Waals surface area (Å²) in [5, 5.41) is 0. The molecular formula is C21H29FO2. The van der Waals surface area contributed by atoms with Gasteiger partial charge in [-0.15, -0.1) is 0 Å². The summed E-state index contributed by atoms with van der Waals surface area (Å²) in [6, 6.07) is 5.46. The molecule has 1 unspecified atom stereocenters. The highest BCUT2D eigenvalue weighted by atomic mass is 19.1. The van der Waals surface area contributed by atoms with Gasteiger partial charge in [-0.05, 0) is 63.5 Å². The maximum absolute atomic E-state index is 14.6. The number of allylic oxidation sites excluding steroid dienone is 1. The first-order valence-electron chi connectivity index (χ1n) is 9.32. The molecule has 1 saturated carbocycles. The van der Waals surface area contributed by atoms with Crippen LogP contribution in [0, 0.1) is 11.7 Å². The molecule has 1 atom stereocenters. The minimum absolute atomic E-state index is 0.204. The first-order valence-corrected chi connectivity index (χ1v) is 9.32. The van der Waals surface area contributed by atoms with Crippen LogP contribution < -0.4 is 0 Å². The van der Waals surface area contributed by atoms with E-state index in [9.17, 15) is 4.39 Å². The highest BCUT2D eigenvalue weighted by Gasteiger charge is 2.30. The fourth-order valence-corrected chi connectivity index (χ4v) is 3.72. The van der Waals surface area contributed by atoms with E-state index < -0.39 is 5.60 Å². The molecule has 2 fully saturated rings. The van der Waals surface area contributed by atoms with Gasteiger partial charge < -0.3 is 9.47 Å². The molecule has 1 saturated heterocycles. The summed E-state index contributed by atoms with van der Waals surface area (Å²) in [6.45, 7) is 4.56. The van der Waals surface area contributed by atoms with E-state index in [1.54, 1.807) is 6.07 Å². The van der Waals surface area contributed by atoms with Crippen molar-refractivity contribution in [2.24, 2.45) is 5.92 Å². The highest BCUT2D eigenvalue weighted by Crippen LogP contribution is 2.32. The van der Waals surface area contributed by atoms with Gasteiger partial charge in [0.05, 0.1) is 5.60 Å². The SMILES string of the molecule is CC(C)(OC1CCCCO1)c1ccc(C=CC2CCCC2)cc1F. The molecule has 1 aliphatic carbocycles. The molecule has 3 rings (SSSR count). The van der Waals surface area contributed by atoms with Crippen LogP contribution in [0.2, 0.25) is 0 Å². The molecule has 0 bridgehead atoms. The molecule has 2 aliphatic rings. The second-order valence-corrected chi connectivity index (χ2v) is 7.57. The van der Waals surface area contributed by atoms with Crippen molar-refractivity contribution in [3.05, 3.63) is 41.2 Å². The van der Waals surface area contributed by atoms with Gasteiger partial charge in [-0.1, -0.05) is 37.1 Å². The van der Waals surface area contributed by atoms with E-state index in [0.717, 1.165) is 31.4 Å². The van der Waals surface area contributed by atoms with E-state index in [2.05, 4.69) is 12.2 Å². The van der Waals surface area contributed by atoms with Crippen LogP contribution in [-0.4, -0.2) is 12.9 Å². The molecule has 0 aromatic heterocycles. The summed E-state index contributed by atoms with van der Waals surface area (Å²) in [4.78, 5) is 0. The number of benzene rings is 1. The van der Waals surface area contributed by atoms with Gasteiger partial charge in [-0.3, -0.25) is 0 Å². The molecule has 1 heterocycles. The van der Waals surface area contributed by atoms with Gasteiger partial charge >= 0.3 is 0 Å². The molecule has 132 valence electrons. The molecule has 0 N–H and O–H groups in total. The Morgan fingerprint density at radius 1 is 1.12 bits per heavy atom. The van der Waals surface area contributed by atoms with E-state index in [-0.39, 0.29) is 12.1 Å². The van der Waals surface area contributed by atoms with Gasteiger partial charge in [0.15, 0.2) is 6.29 Å². The molecule has 0 amide bonds. The number of hydrogen-bond donors (Lipinski definition) is 0. The normalized spacial score (nSPS) is 23.2. The number of rotatable bonds is 5. The van der Waals surface area contributed by atoms with Crippen LogP contribution in [-0.2, 0) is 15.1 Å². The summed E-state index contributed by atoms with van der Waals surface area (Å²) in [5.41, 5.74) is 0.822. The Labute approximate surface area is 145 Å². The quantitative estimate of drug-likeness (QED) is 0.677. The zero-order valence-corrected chi connectivity index (χ0v) is 14.9. The predicted molar refractivity (Wildman–Crippen MR) is 95.1 cm³/mol. The van der Waals surface area contributed by atoms with E-state index >= 15 is 0 Å². The Hall–Kier alpha value is -1.19. The number of hydrogen-bond acceptors (Lipinski definition) is 2. The zero-order chi connectivity index (χ0) is 17.0. The van der Waals surface area contributed by atoms with Gasteiger partial charge in [0.1, 0.15) is 5.82 Å². The lowest BCUT2D eigenvalue weighted by Gasteiger charge is -2.33. The van der Waals surface area contributed by atoms with Gasteiger partial charge in [-0.25, -0.2) is 4.39 Å². The molecule has 3 heteroatoms. The fraction of sp³-hybridized carbons (Fsp3) is 0.619. The van der Waals surface area contributed by atoms with Gasteiger partial charge in [0.25, 0.3) is 0 Å². The molecular weight excluding hydrogens is 303 g/mol. The average molecular weight is 332 g/mol. The lowest BCUT2D eigenvalue weighted by molar-refractivity contribution is -0.219. The number of halogens is 1. The highest BCUT2D eigenvalue weighted by molar-refractivity contribution is 5.51. The van der Waals surface area contributed by atoms with Crippen molar-refractivity contribution in [2.75, 3.05) is 6.61 Å². The van der Waals surface area contributed by atoms with Crippen LogP contribution in [0.4, 0.5) is 4.39 Å². The molecule has 0 radical (unpaired) electrons. The van der Waals surface area contributed by atoms with Crippen LogP contribution in [0.1, 0.15) is 69.9 Å². The van der Waals surface area contributed by atoms with Crippen molar-refractivity contribution < 1.29 is 13.9 Å². The maximum atomic E-state index is 14.6. The van der Waals surface area contributed by atoms with Crippen LogP contribution in [0.3, 0.4) is 0 Å². The van der Waals surface area contributed by atoms with Gasteiger partial charge in [0.2, 0.25) is 0 Å². The average Bonchev–Trinajstić information content (AvgIpc) is 3.06. The van der Waals surface area contributed by atoms with Crippen LogP contribution in [0.5, 0.6) is 0 Å². The molecule has 1 aromatic carbocycles. The summed E-state index contributed by atoms with van der Waals surface area (Å²) < 4.78 is 26.3. The Kier molecular flexibility index (Phi) is 5.72. The van der Waals surface area contributed by atoms with Crippen molar-refractivity contribution in [2.45, 2.75) is 70.7 Å². The van der Waals surface area contributed by atoms with Gasteiger partial charge in [-0.2, -0.15) is 0 Å². The second-order valence-electron chi connectivity index (χ2n) is 7.57. The number of ether oxygens (including phenoxy) is 2. The van der Waals surface area contributed by atoms with Crippen molar-refractivity contribution >= 4 is 6.08 Å². The Morgan fingerprint density at radius 2 is 1.88 bits per heavy atom. The standard InChI is InChI=1S/C21H29FO2/c1-21(2,24-20-9-5-6-14-23-20)18-13-12-17(15-19(18)22)11-10-16-7-3-4-8-16/h10-13,15-16,20H,3-9,14H2,1-2H3.